The summed E-state index contributed by atoms with van der Waals surface area (Å²) in [6, 6.07) is 4.23. The van der Waals surface area contributed by atoms with Crippen LogP contribution in [0.25, 0.3) is 0 Å². The molecule has 2 aliphatic carbocycles. The molecular weight excluding hydrogens is 674 g/mol. The molecule has 246 valence electrons. The quantitative estimate of drug-likeness (QED) is 0.115. The van der Waals surface area contributed by atoms with E-state index in [0.29, 0.717) is 23.3 Å². The number of likely N-dealkylation sites (tertiary alicyclic amines) is 1. The molecule has 0 bridgehead atoms. The van der Waals surface area contributed by atoms with Crippen LogP contribution in [-0.4, -0.2) is 49.9 Å². The van der Waals surface area contributed by atoms with Gasteiger partial charge in [-0.3, -0.25) is 24.1 Å². The summed E-state index contributed by atoms with van der Waals surface area (Å²) in [5.74, 6) is -20.4. The van der Waals surface area contributed by atoms with E-state index in [9.17, 15) is 37.5 Å². The minimum atomic E-state index is -2.64. The van der Waals surface area contributed by atoms with E-state index in [1.54, 1.807) is 13.0 Å². The number of allylic oxidation sites excluding steroid dienone is 3. The second-order valence-electron chi connectivity index (χ2n) is 12.3. The second kappa shape index (κ2) is 10.5. The molecule has 0 unspecified atom stereocenters. The first-order valence-electron chi connectivity index (χ1n) is 14.7. The van der Waals surface area contributed by atoms with Gasteiger partial charge in [0.1, 0.15) is 17.2 Å². The van der Waals surface area contributed by atoms with Gasteiger partial charge in [0.25, 0.3) is 11.8 Å². The van der Waals surface area contributed by atoms with Crippen LogP contribution in [0.15, 0.2) is 41.7 Å². The van der Waals surface area contributed by atoms with Crippen molar-refractivity contribution in [1.82, 2.24) is 4.90 Å². The Morgan fingerprint density at radius 2 is 1.60 bits per heavy atom. The number of amides is 4. The molecule has 8 nitrogen and oxygen atoms in total. The standard InChI is InChI=1S/C32H23Cl2F5N2O6/c1-2-7-40-27(43)16-5-4-15-17(19(16)28(40)44)10-31(33)29(45)41(26-24(38)22(36)21(35)23(37)25(26)39)30(46)32(31,34)20(15)13-8-12-9-14(42)3-6-18(12)47-11-13/h3-4,6,9,11,16-17,19-20,42H,2,5,7-8,10H2,1H3/t16-,17+,19-,20-,31+,32-/m0/s1. The number of halogens is 7. The normalized spacial score (nSPS) is 31.2. The Balaban J connectivity index is 1.43. The van der Waals surface area contributed by atoms with Gasteiger partial charge in [0, 0.05) is 24.4 Å². The number of carbonyl (C=O) groups excluding carboxylic acids is 4. The van der Waals surface area contributed by atoms with Crippen LogP contribution < -0.4 is 9.64 Å². The third-order valence-electron chi connectivity index (χ3n) is 9.91. The first-order valence-corrected chi connectivity index (χ1v) is 15.4. The number of ether oxygens (including phenoxy) is 1. The average Bonchev–Trinajstić information content (AvgIpc) is 3.37. The number of carbonyl (C=O) groups is 4. The van der Waals surface area contributed by atoms with Crippen molar-refractivity contribution in [3.63, 3.8) is 0 Å². The molecule has 7 rings (SSSR count). The Morgan fingerprint density at radius 3 is 2.26 bits per heavy atom. The Morgan fingerprint density at radius 1 is 0.936 bits per heavy atom. The maximum atomic E-state index is 15.2. The molecule has 3 heterocycles. The van der Waals surface area contributed by atoms with Crippen LogP contribution in [0.4, 0.5) is 27.6 Å². The van der Waals surface area contributed by atoms with Crippen LogP contribution in [0, 0.1) is 52.8 Å². The van der Waals surface area contributed by atoms with Crippen molar-refractivity contribution in [1.29, 1.82) is 0 Å². The highest BCUT2D eigenvalue weighted by Crippen LogP contribution is 2.65. The smallest absolute Gasteiger partial charge is 0.258 e. The minimum Gasteiger partial charge on any atom is -0.508 e. The molecule has 4 amide bonds. The molecule has 6 atom stereocenters. The van der Waals surface area contributed by atoms with Gasteiger partial charge in [0.15, 0.2) is 33.0 Å². The van der Waals surface area contributed by atoms with Gasteiger partial charge in [-0.25, -0.2) is 26.9 Å². The number of benzene rings is 2. The highest BCUT2D eigenvalue weighted by molar-refractivity contribution is 6.58. The number of phenols is 1. The number of anilines is 1. The molecule has 5 aliphatic rings. The zero-order valence-electron chi connectivity index (χ0n) is 24.3. The van der Waals surface area contributed by atoms with Crippen molar-refractivity contribution in [3.8, 4) is 11.5 Å². The van der Waals surface area contributed by atoms with Crippen LogP contribution in [-0.2, 0) is 25.6 Å². The number of alkyl halides is 2. The Bertz CT molecular complexity index is 1870. The molecule has 0 radical (unpaired) electrons. The van der Waals surface area contributed by atoms with Gasteiger partial charge in [-0.2, -0.15) is 0 Å². The van der Waals surface area contributed by atoms with Crippen molar-refractivity contribution in [2.75, 3.05) is 11.4 Å². The molecular formula is C32H23Cl2F5N2O6. The number of hydrogen-bond donors (Lipinski definition) is 1. The van der Waals surface area contributed by atoms with Crippen LogP contribution in [0.1, 0.15) is 31.7 Å². The van der Waals surface area contributed by atoms with Gasteiger partial charge in [-0.05, 0) is 49.0 Å². The molecule has 3 fully saturated rings. The van der Waals surface area contributed by atoms with E-state index in [0.717, 1.165) is 4.90 Å². The fourth-order valence-electron chi connectivity index (χ4n) is 7.89. The largest absolute Gasteiger partial charge is 0.508 e. The lowest BCUT2D eigenvalue weighted by Crippen LogP contribution is -2.61. The monoisotopic (exact) mass is 696 g/mol. The lowest BCUT2D eigenvalue weighted by Gasteiger charge is -2.51. The SMILES string of the molecule is CCCN1C(=O)[C@H]2[C@H](CC=C3[C@H](C4=COc5ccc(O)cc5C4)[C@]4(Cl)C(=O)N(c5c(F)c(F)c(F)c(F)c5F)C(=O)[C@]4(Cl)C[C@H]32)C1=O. The van der Waals surface area contributed by atoms with Crippen LogP contribution in [0.2, 0.25) is 0 Å². The van der Waals surface area contributed by atoms with Crippen LogP contribution >= 0.6 is 23.2 Å². The lowest BCUT2D eigenvalue weighted by atomic mass is 9.56. The van der Waals surface area contributed by atoms with Crippen molar-refractivity contribution >= 4 is 52.5 Å². The first-order chi connectivity index (χ1) is 22.2. The molecule has 47 heavy (non-hydrogen) atoms. The summed E-state index contributed by atoms with van der Waals surface area (Å²) in [7, 11) is 0. The predicted molar refractivity (Wildman–Crippen MR) is 155 cm³/mol. The van der Waals surface area contributed by atoms with Gasteiger partial charge in [-0.15, -0.1) is 23.2 Å². The van der Waals surface area contributed by atoms with Gasteiger partial charge in [0.05, 0.1) is 18.1 Å². The van der Waals surface area contributed by atoms with Gasteiger partial charge < -0.3 is 9.84 Å². The summed E-state index contributed by atoms with van der Waals surface area (Å²) in [4.78, 5) is 51.2. The predicted octanol–water partition coefficient (Wildman–Crippen LogP) is 5.41. The number of nitrogens with zero attached hydrogens (tertiary/aromatic N) is 2. The summed E-state index contributed by atoms with van der Waals surface area (Å²) in [6.07, 6.45) is 2.75. The van der Waals surface area contributed by atoms with E-state index in [-0.39, 0.29) is 35.6 Å². The van der Waals surface area contributed by atoms with Gasteiger partial charge in [-0.1, -0.05) is 18.6 Å². The number of phenolic OH excluding ortho intramolecular Hbond substituents is 1. The third-order valence-corrected chi connectivity index (χ3v) is 11.3. The number of imide groups is 2. The first kappa shape index (κ1) is 31.6. The van der Waals surface area contributed by atoms with Gasteiger partial charge in [0.2, 0.25) is 17.6 Å². The highest BCUT2D eigenvalue weighted by atomic mass is 35.5. The molecule has 0 spiro atoms. The van der Waals surface area contributed by atoms with Crippen LogP contribution in [0.3, 0.4) is 0 Å². The van der Waals surface area contributed by atoms with Crippen LogP contribution in [0.5, 0.6) is 11.5 Å². The van der Waals surface area contributed by atoms with Crippen molar-refractivity contribution < 1.29 is 51.0 Å². The second-order valence-corrected chi connectivity index (χ2v) is 13.5. The summed E-state index contributed by atoms with van der Waals surface area (Å²) in [6.45, 7) is 1.91. The topological polar surface area (TPSA) is 104 Å². The fourth-order valence-corrected chi connectivity index (χ4v) is 8.84. The maximum absolute atomic E-state index is 15.2. The number of rotatable bonds is 4. The zero-order chi connectivity index (χ0) is 33.9. The lowest BCUT2D eigenvalue weighted by molar-refractivity contribution is -0.140. The van der Waals surface area contributed by atoms with Crippen molar-refractivity contribution in [2.24, 2.45) is 23.7 Å². The Kier molecular flexibility index (Phi) is 7.07. The van der Waals surface area contributed by atoms with E-state index in [1.165, 1.54) is 24.5 Å². The van der Waals surface area contributed by atoms with Gasteiger partial charge >= 0.3 is 0 Å². The fraction of sp³-hybridized carbons (Fsp3) is 0.375. The number of hydrogen-bond acceptors (Lipinski definition) is 6. The molecule has 2 aromatic rings. The van der Waals surface area contributed by atoms with E-state index < -0.39 is 98.2 Å². The minimum absolute atomic E-state index is 0.0488. The van der Waals surface area contributed by atoms with Crippen molar-refractivity contribution in [3.05, 3.63) is 76.3 Å². The number of fused-ring (bicyclic) bond motifs is 5. The molecule has 1 saturated carbocycles. The molecule has 2 saturated heterocycles. The third kappa shape index (κ3) is 3.98. The molecule has 1 N–H and O–H groups in total. The highest BCUT2D eigenvalue weighted by Gasteiger charge is 2.77. The van der Waals surface area contributed by atoms with E-state index >= 15 is 8.78 Å². The summed E-state index contributed by atoms with van der Waals surface area (Å²) >= 11 is 14.2. The van der Waals surface area contributed by atoms with Crippen molar-refractivity contribution in [2.45, 2.75) is 42.4 Å². The van der Waals surface area contributed by atoms with E-state index in [2.05, 4.69) is 0 Å². The van der Waals surface area contributed by atoms with E-state index in [1.807, 2.05) is 0 Å². The Labute approximate surface area is 273 Å². The number of aromatic hydroxyl groups is 1. The molecule has 3 aliphatic heterocycles. The zero-order valence-corrected chi connectivity index (χ0v) is 25.8. The molecule has 15 heteroatoms. The molecule has 2 aromatic carbocycles. The summed E-state index contributed by atoms with van der Waals surface area (Å²) in [5.41, 5.74) is -0.880. The summed E-state index contributed by atoms with van der Waals surface area (Å²) < 4.78 is 78.8. The average molecular weight is 697 g/mol. The molecule has 0 aromatic heterocycles. The summed E-state index contributed by atoms with van der Waals surface area (Å²) in [5, 5.41) is 10.1. The van der Waals surface area contributed by atoms with E-state index in [4.69, 9.17) is 27.9 Å². The Hall–Kier alpha value is -3.97. The maximum Gasteiger partial charge on any atom is 0.258 e.